The van der Waals surface area contributed by atoms with Gasteiger partial charge in [0.2, 0.25) is 0 Å². The molecule has 1 aromatic carbocycles. The highest BCUT2D eigenvalue weighted by Crippen LogP contribution is 2.46. The lowest BCUT2D eigenvalue weighted by molar-refractivity contribution is -0.133. The molecule has 3 rings (SSSR count). The summed E-state index contributed by atoms with van der Waals surface area (Å²) in [5.74, 6) is -0.313. The number of carboxylic acids is 1. The predicted molar refractivity (Wildman–Crippen MR) is 75.6 cm³/mol. The van der Waals surface area contributed by atoms with E-state index in [0.717, 1.165) is 11.9 Å². The first-order valence-electron chi connectivity index (χ1n) is 6.37. The number of benzene rings is 1. The first kappa shape index (κ1) is 13.0. The molecule has 1 heterocycles. The van der Waals surface area contributed by atoms with Crippen LogP contribution in [0, 0.1) is 17.2 Å². The Hall–Kier alpha value is -2.00. The lowest BCUT2D eigenvalue weighted by Gasteiger charge is -2.06. The van der Waals surface area contributed by atoms with E-state index in [2.05, 4.69) is 22.5 Å². The average molecular weight is 287 g/mol. The Bertz CT molecular complexity index is 732. The van der Waals surface area contributed by atoms with E-state index in [0.29, 0.717) is 28.2 Å². The van der Waals surface area contributed by atoms with Crippen LogP contribution in [-0.4, -0.2) is 26.4 Å². The van der Waals surface area contributed by atoms with Crippen molar-refractivity contribution >= 4 is 28.8 Å². The van der Waals surface area contributed by atoms with Crippen LogP contribution in [0.25, 0.3) is 11.0 Å². The van der Waals surface area contributed by atoms with Crippen LogP contribution in [0.1, 0.15) is 24.9 Å². The zero-order valence-corrected chi connectivity index (χ0v) is 11.7. The lowest BCUT2D eigenvalue weighted by atomic mass is 10.2. The van der Waals surface area contributed by atoms with Crippen LogP contribution in [0.2, 0.25) is 0 Å². The van der Waals surface area contributed by atoms with Gasteiger partial charge in [0.05, 0.1) is 16.8 Å². The van der Waals surface area contributed by atoms with Crippen molar-refractivity contribution < 1.29 is 9.90 Å². The summed E-state index contributed by atoms with van der Waals surface area (Å²) in [7, 11) is 0. The SMILES string of the molecule is CC1CC1n1c(SCC(=O)O)nc2c(C#N)cccc21. The van der Waals surface area contributed by atoms with Crippen LogP contribution in [0.15, 0.2) is 23.4 Å². The Morgan fingerprint density at radius 3 is 3.00 bits per heavy atom. The predicted octanol–water partition coefficient (Wildman–Crippen LogP) is 2.67. The number of carbonyl (C=O) groups is 1. The summed E-state index contributed by atoms with van der Waals surface area (Å²) in [5, 5.41) is 18.7. The normalized spacial score (nSPS) is 20.8. The van der Waals surface area contributed by atoms with Crippen LogP contribution >= 0.6 is 11.8 Å². The van der Waals surface area contributed by atoms with Gasteiger partial charge in [0.15, 0.2) is 5.16 Å². The second kappa shape index (κ2) is 4.84. The van der Waals surface area contributed by atoms with Crippen LogP contribution < -0.4 is 0 Å². The van der Waals surface area contributed by atoms with Crippen LogP contribution in [-0.2, 0) is 4.79 Å². The molecule has 0 bridgehead atoms. The number of imidazole rings is 1. The fraction of sp³-hybridized carbons (Fsp3) is 0.357. The number of aliphatic carboxylic acids is 1. The van der Waals surface area contributed by atoms with Crippen molar-refractivity contribution in [1.29, 1.82) is 5.26 Å². The summed E-state index contributed by atoms with van der Waals surface area (Å²) in [6, 6.07) is 8.04. The van der Waals surface area contributed by atoms with Gasteiger partial charge >= 0.3 is 5.97 Å². The molecule has 20 heavy (non-hydrogen) atoms. The minimum absolute atomic E-state index is 0.0215. The van der Waals surface area contributed by atoms with Gasteiger partial charge in [0.25, 0.3) is 0 Å². The Kier molecular flexibility index (Phi) is 3.14. The molecule has 1 saturated carbocycles. The number of fused-ring (bicyclic) bond motifs is 1. The third kappa shape index (κ3) is 2.14. The Labute approximate surface area is 120 Å². The molecule has 1 N–H and O–H groups in total. The van der Waals surface area contributed by atoms with Crippen LogP contribution in [0.5, 0.6) is 0 Å². The highest BCUT2D eigenvalue weighted by atomic mass is 32.2. The number of carboxylic acid groups (broad SMARTS) is 1. The van der Waals surface area contributed by atoms with E-state index in [-0.39, 0.29) is 5.75 Å². The average Bonchev–Trinajstić information content (AvgIpc) is 3.01. The molecule has 2 aromatic rings. The molecule has 1 fully saturated rings. The molecule has 5 nitrogen and oxygen atoms in total. The smallest absolute Gasteiger partial charge is 0.313 e. The van der Waals surface area contributed by atoms with E-state index in [9.17, 15) is 4.79 Å². The third-order valence-corrected chi connectivity index (χ3v) is 4.47. The second-order valence-electron chi connectivity index (χ2n) is 5.01. The number of para-hydroxylation sites is 1. The summed E-state index contributed by atoms with van der Waals surface area (Å²) >= 11 is 1.21. The van der Waals surface area contributed by atoms with Gasteiger partial charge < -0.3 is 9.67 Å². The van der Waals surface area contributed by atoms with Crippen molar-refractivity contribution in [2.75, 3.05) is 5.75 Å². The van der Waals surface area contributed by atoms with E-state index in [1.54, 1.807) is 6.07 Å². The Morgan fingerprint density at radius 1 is 1.65 bits per heavy atom. The largest absolute Gasteiger partial charge is 0.481 e. The molecule has 1 aliphatic rings. The molecule has 0 spiro atoms. The van der Waals surface area contributed by atoms with Gasteiger partial charge in [-0.05, 0) is 24.5 Å². The second-order valence-corrected chi connectivity index (χ2v) is 5.95. The summed E-state index contributed by atoms with van der Waals surface area (Å²) in [6.45, 7) is 2.16. The molecule has 0 aliphatic heterocycles. The van der Waals surface area contributed by atoms with Gasteiger partial charge in [-0.3, -0.25) is 4.79 Å². The van der Waals surface area contributed by atoms with Gasteiger partial charge in [-0.1, -0.05) is 24.8 Å². The van der Waals surface area contributed by atoms with Crippen LogP contribution in [0.3, 0.4) is 0 Å². The van der Waals surface area contributed by atoms with Crippen molar-refractivity contribution in [1.82, 2.24) is 9.55 Å². The van der Waals surface area contributed by atoms with Gasteiger partial charge in [-0.15, -0.1) is 0 Å². The zero-order chi connectivity index (χ0) is 14.3. The van der Waals surface area contributed by atoms with Gasteiger partial charge in [0.1, 0.15) is 11.6 Å². The Morgan fingerprint density at radius 2 is 2.40 bits per heavy atom. The van der Waals surface area contributed by atoms with Crippen molar-refractivity contribution in [2.24, 2.45) is 5.92 Å². The fourth-order valence-electron chi connectivity index (χ4n) is 2.40. The van der Waals surface area contributed by atoms with E-state index >= 15 is 0 Å². The fourth-order valence-corrected chi connectivity index (χ4v) is 3.18. The quantitative estimate of drug-likeness (QED) is 0.875. The molecule has 1 aliphatic carbocycles. The molecule has 2 atom stereocenters. The number of hydrogen-bond acceptors (Lipinski definition) is 4. The number of rotatable bonds is 4. The highest BCUT2D eigenvalue weighted by Gasteiger charge is 2.37. The van der Waals surface area contributed by atoms with E-state index in [4.69, 9.17) is 10.4 Å². The van der Waals surface area contributed by atoms with E-state index in [1.165, 1.54) is 11.8 Å². The highest BCUT2D eigenvalue weighted by molar-refractivity contribution is 7.99. The van der Waals surface area contributed by atoms with E-state index < -0.39 is 5.97 Å². The Balaban J connectivity index is 2.12. The maximum atomic E-state index is 10.8. The number of aromatic nitrogens is 2. The van der Waals surface area contributed by atoms with Crippen LogP contribution in [0.4, 0.5) is 0 Å². The molecule has 6 heteroatoms. The molecule has 0 saturated heterocycles. The molecular weight excluding hydrogens is 274 g/mol. The summed E-state index contributed by atoms with van der Waals surface area (Å²) in [6.07, 6.45) is 1.07. The van der Waals surface area contributed by atoms with E-state index in [1.807, 2.05) is 12.1 Å². The molecular formula is C14H13N3O2S. The minimum Gasteiger partial charge on any atom is -0.481 e. The number of thioether (sulfide) groups is 1. The standard InChI is InChI=1S/C14H13N3O2S/c1-8-5-11(8)17-10-4-2-3-9(6-15)13(10)16-14(17)20-7-12(18)19/h2-4,8,11H,5,7H2,1H3,(H,18,19). The number of nitriles is 1. The maximum Gasteiger partial charge on any atom is 0.313 e. The first-order valence-corrected chi connectivity index (χ1v) is 7.36. The third-order valence-electron chi connectivity index (χ3n) is 3.53. The van der Waals surface area contributed by atoms with Gasteiger partial charge in [-0.2, -0.15) is 5.26 Å². The molecule has 0 amide bonds. The zero-order valence-electron chi connectivity index (χ0n) is 10.9. The lowest BCUT2D eigenvalue weighted by Crippen LogP contribution is -2.02. The van der Waals surface area contributed by atoms with Crippen molar-refractivity contribution in [3.63, 3.8) is 0 Å². The minimum atomic E-state index is -0.863. The monoisotopic (exact) mass is 287 g/mol. The van der Waals surface area contributed by atoms with Gasteiger partial charge in [-0.25, -0.2) is 4.98 Å². The molecule has 0 radical (unpaired) electrons. The summed E-state index contributed by atoms with van der Waals surface area (Å²) in [4.78, 5) is 15.3. The topological polar surface area (TPSA) is 78.9 Å². The number of hydrogen-bond donors (Lipinski definition) is 1. The molecule has 1 aromatic heterocycles. The summed E-state index contributed by atoms with van der Waals surface area (Å²) < 4.78 is 2.09. The van der Waals surface area contributed by atoms with Gasteiger partial charge in [0, 0.05) is 6.04 Å². The van der Waals surface area contributed by atoms with Crippen molar-refractivity contribution in [3.05, 3.63) is 23.8 Å². The van der Waals surface area contributed by atoms with Crippen molar-refractivity contribution in [3.8, 4) is 6.07 Å². The summed E-state index contributed by atoms with van der Waals surface area (Å²) in [5.41, 5.74) is 2.13. The first-order chi connectivity index (χ1) is 9.61. The number of nitrogens with zero attached hydrogens (tertiary/aromatic N) is 3. The molecule has 102 valence electrons. The van der Waals surface area contributed by atoms with Crippen molar-refractivity contribution in [2.45, 2.75) is 24.5 Å². The molecule has 2 unspecified atom stereocenters. The maximum absolute atomic E-state index is 10.8.